The Bertz CT molecular complexity index is 314. The topological polar surface area (TPSA) is 72.9 Å². The second-order valence-electron chi connectivity index (χ2n) is 5.40. The molecule has 0 aromatic heterocycles. The van der Waals surface area contributed by atoms with E-state index in [0.29, 0.717) is 13.1 Å². The number of carboxylic acid groups (broad SMARTS) is 1. The molecular weight excluding hydrogens is 234 g/mol. The SMILES string of the molecule is CC(CN(C)C)NC(=O)N1CC(C(C)C(=O)O)C1. The zero-order chi connectivity index (χ0) is 13.9. The van der Waals surface area contributed by atoms with Crippen molar-refractivity contribution < 1.29 is 14.7 Å². The van der Waals surface area contributed by atoms with E-state index in [1.807, 2.05) is 25.9 Å². The molecule has 2 unspecified atom stereocenters. The molecule has 2 atom stereocenters. The molecule has 6 nitrogen and oxygen atoms in total. The Morgan fingerprint density at radius 2 is 1.94 bits per heavy atom. The number of rotatable bonds is 5. The molecule has 2 N–H and O–H groups in total. The summed E-state index contributed by atoms with van der Waals surface area (Å²) in [6, 6.07) is -0.0124. The van der Waals surface area contributed by atoms with Crippen molar-refractivity contribution >= 4 is 12.0 Å². The number of carbonyl (C=O) groups excluding carboxylic acids is 1. The van der Waals surface area contributed by atoms with E-state index in [1.54, 1.807) is 11.8 Å². The Hall–Kier alpha value is -1.30. The van der Waals surface area contributed by atoms with Gasteiger partial charge in [0.15, 0.2) is 0 Å². The second kappa shape index (κ2) is 6.04. The molecule has 0 bridgehead atoms. The number of likely N-dealkylation sites (tertiary alicyclic amines) is 1. The normalized spacial score (nSPS) is 19.3. The van der Waals surface area contributed by atoms with Crippen molar-refractivity contribution in [2.45, 2.75) is 19.9 Å². The highest BCUT2D eigenvalue weighted by molar-refractivity contribution is 5.76. The van der Waals surface area contributed by atoms with E-state index in [4.69, 9.17) is 5.11 Å². The van der Waals surface area contributed by atoms with E-state index in [-0.39, 0.29) is 23.9 Å². The number of likely N-dealkylation sites (N-methyl/N-ethyl adjacent to an activating group) is 1. The Morgan fingerprint density at radius 1 is 1.39 bits per heavy atom. The maximum atomic E-state index is 11.8. The number of nitrogens with one attached hydrogen (secondary N) is 1. The minimum absolute atomic E-state index is 0.0809. The molecule has 1 rings (SSSR count). The van der Waals surface area contributed by atoms with Gasteiger partial charge in [0.25, 0.3) is 0 Å². The molecule has 0 aliphatic carbocycles. The van der Waals surface area contributed by atoms with Gasteiger partial charge < -0.3 is 20.2 Å². The standard InChI is InChI=1S/C12H23N3O3/c1-8(5-14(3)4)13-12(18)15-6-10(7-15)9(2)11(16)17/h8-10H,5-7H2,1-4H3,(H,13,18)(H,16,17). The van der Waals surface area contributed by atoms with Crippen LogP contribution in [-0.2, 0) is 4.79 Å². The second-order valence-corrected chi connectivity index (χ2v) is 5.40. The van der Waals surface area contributed by atoms with E-state index in [0.717, 1.165) is 6.54 Å². The van der Waals surface area contributed by atoms with Crippen molar-refractivity contribution in [3.63, 3.8) is 0 Å². The minimum atomic E-state index is -0.791. The van der Waals surface area contributed by atoms with E-state index >= 15 is 0 Å². The molecule has 1 fully saturated rings. The van der Waals surface area contributed by atoms with Gasteiger partial charge in [-0.3, -0.25) is 4.79 Å². The average molecular weight is 257 g/mol. The van der Waals surface area contributed by atoms with E-state index in [2.05, 4.69) is 5.32 Å². The fraction of sp³-hybridized carbons (Fsp3) is 0.833. The third kappa shape index (κ3) is 3.87. The number of carbonyl (C=O) groups is 2. The van der Waals surface area contributed by atoms with Crippen LogP contribution in [0.3, 0.4) is 0 Å². The van der Waals surface area contributed by atoms with E-state index in [9.17, 15) is 9.59 Å². The summed E-state index contributed by atoms with van der Waals surface area (Å²) in [4.78, 5) is 26.3. The smallest absolute Gasteiger partial charge is 0.317 e. The first-order valence-electron chi connectivity index (χ1n) is 6.24. The molecule has 0 spiro atoms. The van der Waals surface area contributed by atoms with Gasteiger partial charge in [0, 0.05) is 31.6 Å². The molecule has 1 heterocycles. The summed E-state index contributed by atoms with van der Waals surface area (Å²) in [5, 5.41) is 11.8. The van der Waals surface area contributed by atoms with Crippen LogP contribution in [-0.4, -0.2) is 66.7 Å². The molecule has 1 aliphatic heterocycles. The molecule has 1 aliphatic rings. The quantitative estimate of drug-likeness (QED) is 0.743. The van der Waals surface area contributed by atoms with Crippen molar-refractivity contribution in [2.24, 2.45) is 11.8 Å². The van der Waals surface area contributed by atoms with Crippen LogP contribution in [0.5, 0.6) is 0 Å². The molecule has 6 heteroatoms. The number of carboxylic acids is 1. The molecule has 2 amide bonds. The lowest BCUT2D eigenvalue weighted by Gasteiger charge is -2.41. The lowest BCUT2D eigenvalue weighted by molar-refractivity contribution is -0.144. The predicted molar refractivity (Wildman–Crippen MR) is 68.4 cm³/mol. The van der Waals surface area contributed by atoms with Gasteiger partial charge in [-0.2, -0.15) is 0 Å². The number of hydrogen-bond donors (Lipinski definition) is 2. The van der Waals surface area contributed by atoms with Crippen molar-refractivity contribution in [3.05, 3.63) is 0 Å². The van der Waals surface area contributed by atoms with Gasteiger partial charge >= 0.3 is 12.0 Å². The summed E-state index contributed by atoms with van der Waals surface area (Å²) in [6.07, 6.45) is 0. The fourth-order valence-corrected chi connectivity index (χ4v) is 2.09. The van der Waals surface area contributed by atoms with Gasteiger partial charge in [0.05, 0.1) is 5.92 Å². The van der Waals surface area contributed by atoms with Crippen LogP contribution in [0.4, 0.5) is 4.79 Å². The Labute approximate surface area is 108 Å². The Balaban J connectivity index is 2.29. The molecular formula is C12H23N3O3. The summed E-state index contributed by atoms with van der Waals surface area (Å²) >= 11 is 0. The minimum Gasteiger partial charge on any atom is -0.481 e. The largest absolute Gasteiger partial charge is 0.481 e. The Kier molecular flexibility index (Phi) is 4.95. The van der Waals surface area contributed by atoms with Gasteiger partial charge in [-0.15, -0.1) is 0 Å². The maximum absolute atomic E-state index is 11.8. The predicted octanol–water partition coefficient (Wildman–Crippen LogP) is 0.299. The van der Waals surface area contributed by atoms with Crippen LogP contribution < -0.4 is 5.32 Å². The van der Waals surface area contributed by atoms with Crippen molar-refractivity contribution in [2.75, 3.05) is 33.7 Å². The first-order valence-corrected chi connectivity index (χ1v) is 6.24. The van der Waals surface area contributed by atoms with Gasteiger partial charge in [0.2, 0.25) is 0 Å². The molecule has 0 aromatic rings. The third-order valence-electron chi connectivity index (χ3n) is 3.30. The summed E-state index contributed by atoms with van der Waals surface area (Å²) in [5.74, 6) is -1.09. The third-order valence-corrected chi connectivity index (χ3v) is 3.30. The molecule has 0 aromatic carbocycles. The van der Waals surface area contributed by atoms with Gasteiger partial charge in [-0.25, -0.2) is 4.79 Å². The molecule has 104 valence electrons. The summed E-state index contributed by atoms with van der Waals surface area (Å²) in [5.41, 5.74) is 0. The van der Waals surface area contributed by atoms with Crippen LogP contribution >= 0.6 is 0 Å². The van der Waals surface area contributed by atoms with Gasteiger partial charge in [0.1, 0.15) is 0 Å². The maximum Gasteiger partial charge on any atom is 0.317 e. The monoisotopic (exact) mass is 257 g/mol. The van der Waals surface area contributed by atoms with Crippen molar-refractivity contribution in [1.82, 2.24) is 15.1 Å². The number of amides is 2. The highest BCUT2D eigenvalue weighted by atomic mass is 16.4. The van der Waals surface area contributed by atoms with Gasteiger partial charge in [-0.05, 0) is 21.0 Å². The van der Waals surface area contributed by atoms with E-state index in [1.165, 1.54) is 0 Å². The first-order chi connectivity index (χ1) is 8.31. The van der Waals surface area contributed by atoms with Crippen LogP contribution in [0.15, 0.2) is 0 Å². The average Bonchev–Trinajstić information content (AvgIpc) is 2.12. The highest BCUT2D eigenvalue weighted by Crippen LogP contribution is 2.23. The summed E-state index contributed by atoms with van der Waals surface area (Å²) in [7, 11) is 3.91. The van der Waals surface area contributed by atoms with Crippen molar-refractivity contribution in [3.8, 4) is 0 Å². The molecule has 0 radical (unpaired) electrons. The van der Waals surface area contributed by atoms with Crippen LogP contribution in [0, 0.1) is 11.8 Å². The lowest BCUT2D eigenvalue weighted by Crippen LogP contribution is -2.58. The molecule has 1 saturated heterocycles. The fourth-order valence-electron chi connectivity index (χ4n) is 2.09. The number of urea groups is 1. The molecule has 0 saturated carbocycles. The highest BCUT2D eigenvalue weighted by Gasteiger charge is 2.37. The number of nitrogens with zero attached hydrogens (tertiary/aromatic N) is 2. The van der Waals surface area contributed by atoms with Gasteiger partial charge in [-0.1, -0.05) is 6.92 Å². The van der Waals surface area contributed by atoms with Crippen LogP contribution in [0.25, 0.3) is 0 Å². The Morgan fingerprint density at radius 3 is 2.39 bits per heavy atom. The van der Waals surface area contributed by atoms with E-state index < -0.39 is 5.97 Å². The molecule has 18 heavy (non-hydrogen) atoms. The van der Waals surface area contributed by atoms with Crippen LogP contribution in [0.2, 0.25) is 0 Å². The first kappa shape index (κ1) is 14.8. The van der Waals surface area contributed by atoms with Crippen molar-refractivity contribution in [1.29, 1.82) is 0 Å². The zero-order valence-electron chi connectivity index (χ0n) is 11.5. The number of aliphatic carboxylic acids is 1. The summed E-state index contributed by atoms with van der Waals surface area (Å²) in [6.45, 7) is 5.50. The lowest BCUT2D eigenvalue weighted by atomic mass is 9.87. The van der Waals surface area contributed by atoms with Crippen LogP contribution in [0.1, 0.15) is 13.8 Å². The zero-order valence-corrected chi connectivity index (χ0v) is 11.5. The summed E-state index contributed by atoms with van der Waals surface area (Å²) < 4.78 is 0. The number of hydrogen-bond acceptors (Lipinski definition) is 3.